The van der Waals surface area contributed by atoms with Crippen LogP contribution in [0.2, 0.25) is 0 Å². The SMILES string of the molecule is COc1cc(Br)cc(S(=O)(=O)Nc2cc(C(C)C)nn2-c2ncccn2)c1. The van der Waals surface area contributed by atoms with Crippen molar-refractivity contribution in [1.82, 2.24) is 19.7 Å². The van der Waals surface area contributed by atoms with E-state index in [9.17, 15) is 8.42 Å². The van der Waals surface area contributed by atoms with Gasteiger partial charge in [-0.15, -0.1) is 0 Å². The van der Waals surface area contributed by atoms with Crippen molar-refractivity contribution in [3.05, 3.63) is 52.9 Å². The number of nitrogens with one attached hydrogen (secondary N) is 1. The van der Waals surface area contributed by atoms with Gasteiger partial charge in [0.25, 0.3) is 16.0 Å². The van der Waals surface area contributed by atoms with Crippen molar-refractivity contribution >= 4 is 31.8 Å². The summed E-state index contributed by atoms with van der Waals surface area (Å²) in [7, 11) is -2.41. The molecular formula is C17H18BrN5O3S. The van der Waals surface area contributed by atoms with Gasteiger partial charge in [0, 0.05) is 29.0 Å². The van der Waals surface area contributed by atoms with Crippen LogP contribution in [-0.4, -0.2) is 35.3 Å². The predicted molar refractivity (Wildman–Crippen MR) is 105 cm³/mol. The van der Waals surface area contributed by atoms with Gasteiger partial charge < -0.3 is 4.74 Å². The first kappa shape index (κ1) is 19.3. The van der Waals surface area contributed by atoms with Crippen molar-refractivity contribution < 1.29 is 13.2 Å². The first-order valence-electron chi connectivity index (χ1n) is 8.05. The average molecular weight is 452 g/mol. The van der Waals surface area contributed by atoms with Crippen LogP contribution in [0, 0.1) is 0 Å². The van der Waals surface area contributed by atoms with E-state index in [1.54, 1.807) is 30.6 Å². The van der Waals surface area contributed by atoms with Crippen LogP contribution in [0.1, 0.15) is 25.5 Å². The third-order valence-corrected chi connectivity index (χ3v) is 5.48. The number of benzene rings is 1. The molecule has 0 saturated carbocycles. The lowest BCUT2D eigenvalue weighted by Gasteiger charge is -2.11. The summed E-state index contributed by atoms with van der Waals surface area (Å²) in [5, 5.41) is 4.44. The Kier molecular flexibility index (Phi) is 5.47. The molecule has 10 heteroatoms. The van der Waals surface area contributed by atoms with Crippen molar-refractivity contribution in [3.63, 3.8) is 0 Å². The summed E-state index contributed by atoms with van der Waals surface area (Å²) in [5.41, 5.74) is 0.715. The van der Waals surface area contributed by atoms with E-state index in [4.69, 9.17) is 4.74 Å². The highest BCUT2D eigenvalue weighted by molar-refractivity contribution is 9.10. The molecule has 0 aliphatic rings. The molecule has 0 saturated heterocycles. The zero-order valence-corrected chi connectivity index (χ0v) is 17.3. The molecule has 0 bridgehead atoms. The van der Waals surface area contributed by atoms with Crippen molar-refractivity contribution in [1.29, 1.82) is 0 Å². The van der Waals surface area contributed by atoms with Gasteiger partial charge in [-0.25, -0.2) is 18.4 Å². The number of sulfonamides is 1. The van der Waals surface area contributed by atoms with Gasteiger partial charge >= 0.3 is 0 Å². The number of ether oxygens (including phenoxy) is 1. The minimum absolute atomic E-state index is 0.0570. The Morgan fingerprint density at radius 1 is 1.15 bits per heavy atom. The number of aromatic nitrogens is 4. The summed E-state index contributed by atoms with van der Waals surface area (Å²) >= 11 is 3.30. The third-order valence-electron chi connectivity index (χ3n) is 3.69. The minimum atomic E-state index is -3.89. The zero-order valence-electron chi connectivity index (χ0n) is 14.9. The maximum atomic E-state index is 12.9. The quantitative estimate of drug-likeness (QED) is 0.616. The standard InChI is InChI=1S/C17H18BrN5O3S/c1-11(2)15-10-16(23(21-15)17-19-5-4-6-20-17)22-27(24,25)14-8-12(18)7-13(9-14)26-3/h4-11,22H,1-3H3. The molecule has 3 rings (SSSR count). The summed E-state index contributed by atoms with van der Waals surface area (Å²) in [6, 6.07) is 7.96. The number of nitrogens with zero attached hydrogens (tertiary/aromatic N) is 4. The number of anilines is 1. The van der Waals surface area contributed by atoms with Crippen LogP contribution in [-0.2, 0) is 10.0 Å². The van der Waals surface area contributed by atoms with Gasteiger partial charge in [-0.3, -0.25) is 4.72 Å². The molecule has 0 aliphatic heterocycles. The molecule has 2 aromatic heterocycles. The average Bonchev–Trinajstić information content (AvgIpc) is 3.05. The normalized spacial score (nSPS) is 11.6. The number of methoxy groups -OCH3 is 1. The molecule has 1 aromatic carbocycles. The number of hydrogen-bond donors (Lipinski definition) is 1. The Morgan fingerprint density at radius 3 is 2.48 bits per heavy atom. The summed E-state index contributed by atoms with van der Waals surface area (Å²) in [5.74, 6) is 1.05. The molecule has 1 N–H and O–H groups in total. The van der Waals surface area contributed by atoms with E-state index in [1.807, 2.05) is 13.8 Å². The molecule has 142 valence electrons. The van der Waals surface area contributed by atoms with E-state index in [0.717, 1.165) is 0 Å². The summed E-state index contributed by atoms with van der Waals surface area (Å²) in [6.45, 7) is 3.94. The predicted octanol–water partition coefficient (Wildman–Crippen LogP) is 3.36. The lowest BCUT2D eigenvalue weighted by Crippen LogP contribution is -2.17. The Labute approximate surface area is 165 Å². The van der Waals surface area contributed by atoms with E-state index in [1.165, 1.54) is 23.9 Å². The van der Waals surface area contributed by atoms with Gasteiger partial charge in [0.15, 0.2) is 0 Å². The minimum Gasteiger partial charge on any atom is -0.497 e. The van der Waals surface area contributed by atoms with Gasteiger partial charge in [-0.05, 0) is 24.1 Å². The van der Waals surface area contributed by atoms with Crippen LogP contribution in [0.5, 0.6) is 5.75 Å². The van der Waals surface area contributed by atoms with Gasteiger partial charge in [-0.1, -0.05) is 29.8 Å². The lowest BCUT2D eigenvalue weighted by atomic mass is 10.1. The molecule has 8 nitrogen and oxygen atoms in total. The van der Waals surface area contributed by atoms with E-state index in [2.05, 4.69) is 35.7 Å². The van der Waals surface area contributed by atoms with E-state index < -0.39 is 10.0 Å². The smallest absolute Gasteiger partial charge is 0.263 e. The number of hydrogen-bond acceptors (Lipinski definition) is 6. The second kappa shape index (κ2) is 7.65. The molecule has 0 spiro atoms. The van der Waals surface area contributed by atoms with Crippen LogP contribution in [0.15, 0.2) is 52.1 Å². The molecule has 0 radical (unpaired) electrons. The largest absolute Gasteiger partial charge is 0.497 e. The second-order valence-electron chi connectivity index (χ2n) is 6.00. The number of halogens is 1. The van der Waals surface area contributed by atoms with Crippen molar-refractivity contribution in [3.8, 4) is 11.7 Å². The van der Waals surface area contributed by atoms with Crippen LogP contribution in [0.25, 0.3) is 5.95 Å². The van der Waals surface area contributed by atoms with Gasteiger partial charge in [0.05, 0.1) is 17.7 Å². The molecular weight excluding hydrogens is 434 g/mol. The third kappa shape index (κ3) is 4.28. The molecule has 3 aromatic rings. The Bertz CT molecular complexity index is 1050. The molecule has 27 heavy (non-hydrogen) atoms. The van der Waals surface area contributed by atoms with Crippen LogP contribution in [0.4, 0.5) is 5.82 Å². The van der Waals surface area contributed by atoms with Crippen LogP contribution < -0.4 is 9.46 Å². The molecule has 0 atom stereocenters. The lowest BCUT2D eigenvalue weighted by molar-refractivity contribution is 0.413. The second-order valence-corrected chi connectivity index (χ2v) is 8.60. The summed E-state index contributed by atoms with van der Waals surface area (Å²) < 4.78 is 35.5. The van der Waals surface area contributed by atoms with E-state index in [-0.39, 0.29) is 22.6 Å². The highest BCUT2D eigenvalue weighted by atomic mass is 79.9. The first-order chi connectivity index (χ1) is 12.8. The Balaban J connectivity index is 2.05. The molecule has 0 unspecified atom stereocenters. The van der Waals surface area contributed by atoms with Gasteiger partial charge in [-0.2, -0.15) is 9.78 Å². The Hall–Kier alpha value is -2.46. The van der Waals surface area contributed by atoms with Gasteiger partial charge in [0.2, 0.25) is 0 Å². The topological polar surface area (TPSA) is 99.0 Å². The van der Waals surface area contributed by atoms with Crippen LogP contribution >= 0.6 is 15.9 Å². The summed E-state index contributed by atoms with van der Waals surface area (Å²) in [6.07, 6.45) is 3.13. The molecule has 0 fully saturated rings. The molecule has 2 heterocycles. The van der Waals surface area contributed by atoms with Crippen LogP contribution in [0.3, 0.4) is 0 Å². The summed E-state index contributed by atoms with van der Waals surface area (Å²) in [4.78, 5) is 8.36. The fourth-order valence-corrected chi connectivity index (χ4v) is 4.03. The zero-order chi connectivity index (χ0) is 19.6. The van der Waals surface area contributed by atoms with E-state index >= 15 is 0 Å². The monoisotopic (exact) mass is 451 g/mol. The number of rotatable bonds is 6. The molecule has 0 aliphatic carbocycles. The highest BCUT2D eigenvalue weighted by Crippen LogP contribution is 2.27. The van der Waals surface area contributed by atoms with Crippen molar-refractivity contribution in [2.24, 2.45) is 0 Å². The van der Waals surface area contributed by atoms with Gasteiger partial charge in [0.1, 0.15) is 11.6 Å². The Morgan fingerprint density at radius 2 is 1.85 bits per heavy atom. The highest BCUT2D eigenvalue weighted by Gasteiger charge is 2.21. The molecule has 0 amide bonds. The maximum absolute atomic E-state index is 12.9. The van der Waals surface area contributed by atoms with Crippen molar-refractivity contribution in [2.45, 2.75) is 24.7 Å². The van der Waals surface area contributed by atoms with E-state index in [0.29, 0.717) is 15.9 Å². The fraction of sp³-hybridized carbons (Fsp3) is 0.235. The first-order valence-corrected chi connectivity index (χ1v) is 10.3. The fourth-order valence-electron chi connectivity index (χ4n) is 2.31. The van der Waals surface area contributed by atoms with Crippen molar-refractivity contribution in [2.75, 3.05) is 11.8 Å². The maximum Gasteiger partial charge on any atom is 0.263 e.